The Morgan fingerprint density at radius 3 is 0.613 bits per heavy atom. The van der Waals surface area contributed by atoms with E-state index in [-0.39, 0.29) is 67.0 Å². The van der Waals surface area contributed by atoms with E-state index in [0.29, 0.717) is 6.26 Å². The predicted octanol–water partition coefficient (Wildman–Crippen LogP) is 14.1. The summed E-state index contributed by atoms with van der Waals surface area (Å²) in [6, 6.07) is 50.1. The standard InChI is InChI=1S/3C10H8.2C6H9F6N.C5H6BrF6N.CH4O3S.Na/c3*1-2-6-10-8-4-3-7-9(10)5-1;2*1-2-3-4-13(5(7,8)9)6(10,11)12;6-2-1-3-13(4(7,8)9)5(10,11)12;1-5(2,3)4;/h3*1-8H;2*2-4H2,1H3;1-3H2;1H3,(H,2,3,4);/q;;;;;;;+1/p-1. The van der Waals surface area contributed by atoms with E-state index in [4.69, 9.17) is 13.0 Å². The number of halogens is 19. The molecule has 0 N–H and O–H groups in total. The zero-order valence-corrected chi connectivity index (χ0v) is 44.8. The van der Waals surface area contributed by atoms with Crippen molar-refractivity contribution in [2.45, 2.75) is 83.8 Å². The maximum Gasteiger partial charge on any atom is 1.00 e. The van der Waals surface area contributed by atoms with Crippen LogP contribution in [0.15, 0.2) is 146 Å². The minimum Gasteiger partial charge on any atom is -0.748 e. The molecule has 0 aromatic heterocycles. The van der Waals surface area contributed by atoms with Gasteiger partial charge in [-0.15, -0.1) is 14.7 Å². The van der Waals surface area contributed by atoms with Gasteiger partial charge in [0.2, 0.25) is 0 Å². The molecule has 75 heavy (non-hydrogen) atoms. The Morgan fingerprint density at radius 1 is 0.373 bits per heavy atom. The van der Waals surface area contributed by atoms with Crippen LogP contribution in [-0.2, 0) is 10.1 Å². The first-order chi connectivity index (χ1) is 34.0. The third kappa shape index (κ3) is 33.8. The first-order valence-corrected chi connectivity index (χ1v) is 24.4. The molecule has 0 saturated carbocycles. The Balaban J connectivity index is 0. The van der Waals surface area contributed by atoms with Crippen molar-refractivity contribution in [2.24, 2.45) is 0 Å². The third-order valence-electron chi connectivity index (χ3n) is 8.80. The molecule has 6 aromatic rings. The molecule has 0 saturated heterocycles. The fourth-order valence-electron chi connectivity index (χ4n) is 5.44. The van der Waals surface area contributed by atoms with E-state index in [2.05, 4.69) is 162 Å². The van der Waals surface area contributed by atoms with Gasteiger partial charge < -0.3 is 4.55 Å². The molecule has 0 aliphatic carbocycles. The molecule has 0 aliphatic rings. The van der Waals surface area contributed by atoms with Crippen molar-refractivity contribution in [2.75, 3.05) is 31.2 Å². The van der Waals surface area contributed by atoms with Crippen LogP contribution in [0.2, 0.25) is 0 Å². The maximum absolute atomic E-state index is 11.7. The summed E-state index contributed by atoms with van der Waals surface area (Å²) in [5.41, 5.74) is 0. The SMILES string of the molecule is CCCCN(C(F)(F)F)C(F)(F)F.CCCCN(C(F)(F)F)C(F)(F)F.CS(=O)(=O)[O-].FC(F)(F)N(CCCBr)C(F)(F)F.[Na+].c1ccc2ccccc2c1.c1ccc2ccccc2c1.c1ccc2ccccc2c1. The summed E-state index contributed by atoms with van der Waals surface area (Å²) >= 11 is 2.75. The molecule has 0 aliphatic heterocycles. The van der Waals surface area contributed by atoms with E-state index < -0.39 is 82.3 Å². The van der Waals surface area contributed by atoms with Crippen LogP contribution < -0.4 is 29.6 Å². The van der Waals surface area contributed by atoms with Crippen molar-refractivity contribution in [1.29, 1.82) is 0 Å². The van der Waals surface area contributed by atoms with Crippen molar-refractivity contribution < 1.29 is 122 Å². The van der Waals surface area contributed by atoms with Crippen LogP contribution in [0.5, 0.6) is 0 Å². The van der Waals surface area contributed by atoms with Crippen LogP contribution in [-0.4, -0.2) is 96.7 Å². The maximum atomic E-state index is 11.7. The Bertz CT molecular complexity index is 2060. The fraction of sp³-hybridized carbons (Fsp3) is 0.375. The number of hydrogen-bond donors (Lipinski definition) is 0. The quantitative estimate of drug-likeness (QED) is 0.0472. The van der Waals surface area contributed by atoms with Gasteiger partial charge in [0.25, 0.3) is 0 Å². The summed E-state index contributed by atoms with van der Waals surface area (Å²) in [4.78, 5) is -4.27. The topological polar surface area (TPSA) is 66.9 Å². The minimum absolute atomic E-state index is 0. The molecule has 0 atom stereocenters. The molecule has 6 rings (SSSR count). The number of benzene rings is 6. The zero-order valence-electron chi connectivity index (χ0n) is 40.4. The molecule has 0 heterocycles. The summed E-state index contributed by atoms with van der Waals surface area (Å²) in [5, 5.41) is 7.95. The average Bonchev–Trinajstić information content (AvgIpc) is 3.27. The number of unbranched alkanes of at least 4 members (excludes halogenated alkanes) is 2. The van der Waals surface area contributed by atoms with Gasteiger partial charge in [0, 0.05) is 31.2 Å². The molecule has 0 radical (unpaired) electrons. The Kier molecular flexibility index (Phi) is 33.9. The molecule has 416 valence electrons. The second kappa shape index (κ2) is 34.8. The van der Waals surface area contributed by atoms with Gasteiger partial charge in [-0.25, -0.2) is 8.42 Å². The summed E-state index contributed by atoms with van der Waals surface area (Å²) in [7, 11) is -3.92. The second-order valence-electron chi connectivity index (χ2n) is 14.8. The Labute approximate surface area is 452 Å². The predicted molar refractivity (Wildman–Crippen MR) is 252 cm³/mol. The second-order valence-corrected chi connectivity index (χ2v) is 17.0. The number of rotatable bonds is 9. The summed E-state index contributed by atoms with van der Waals surface area (Å²) in [6.07, 6.45) is -31.4. The van der Waals surface area contributed by atoms with Crippen molar-refractivity contribution in [3.63, 3.8) is 0 Å². The van der Waals surface area contributed by atoms with Crippen LogP contribution in [0.3, 0.4) is 0 Å². The summed E-state index contributed by atoms with van der Waals surface area (Å²) < 4.78 is 239. The van der Waals surface area contributed by atoms with Gasteiger partial charge in [0.1, 0.15) is 0 Å². The average molecular weight is 1190 g/mol. The van der Waals surface area contributed by atoms with Crippen molar-refractivity contribution >= 4 is 58.4 Å². The number of nitrogens with zero attached hydrogens (tertiary/aromatic N) is 3. The monoisotopic (exact) mass is 1190 g/mol. The van der Waals surface area contributed by atoms with E-state index >= 15 is 0 Å². The Morgan fingerprint density at radius 2 is 0.507 bits per heavy atom. The van der Waals surface area contributed by atoms with Gasteiger partial charge in [-0.3, -0.25) is 0 Å². The van der Waals surface area contributed by atoms with Gasteiger partial charge >= 0.3 is 67.4 Å². The molecular formula is C48H51BrF18N3NaO3S. The molecule has 6 nitrogen and oxygen atoms in total. The van der Waals surface area contributed by atoms with Gasteiger partial charge in [0.15, 0.2) is 0 Å². The van der Waals surface area contributed by atoms with Crippen molar-refractivity contribution in [3.05, 3.63) is 146 Å². The van der Waals surface area contributed by atoms with Crippen LogP contribution >= 0.6 is 15.9 Å². The number of alkyl halides is 19. The molecule has 0 amide bonds. The molecule has 27 heteroatoms. The van der Waals surface area contributed by atoms with E-state index in [1.807, 2.05) is 0 Å². The first kappa shape index (κ1) is 73.2. The molecule has 0 bridgehead atoms. The largest absolute Gasteiger partial charge is 1.00 e. The third-order valence-corrected chi connectivity index (χ3v) is 9.36. The van der Waals surface area contributed by atoms with E-state index in [0.717, 1.165) is 0 Å². The van der Waals surface area contributed by atoms with Crippen LogP contribution in [0, 0.1) is 0 Å². The molecular weight excluding hydrogens is 1140 g/mol. The normalized spacial score (nSPS) is 12.0. The fourth-order valence-corrected chi connectivity index (χ4v) is 5.69. The number of fused-ring (bicyclic) bond motifs is 3. The molecule has 6 aromatic carbocycles. The number of hydrogen-bond acceptors (Lipinski definition) is 6. The minimum atomic E-state index is -5.36. The van der Waals surface area contributed by atoms with Gasteiger partial charge in [-0.2, -0.15) is 79.0 Å². The van der Waals surface area contributed by atoms with Crippen LogP contribution in [0.1, 0.15) is 46.0 Å². The molecule has 0 unspecified atom stereocenters. The smallest absolute Gasteiger partial charge is 0.748 e. The zero-order chi connectivity index (χ0) is 57.0. The van der Waals surface area contributed by atoms with E-state index in [9.17, 15) is 79.0 Å². The van der Waals surface area contributed by atoms with Crippen molar-refractivity contribution in [1.82, 2.24) is 14.7 Å². The summed E-state index contributed by atoms with van der Waals surface area (Å²) in [6.45, 7) is -0.124. The van der Waals surface area contributed by atoms with E-state index in [1.54, 1.807) is 0 Å². The van der Waals surface area contributed by atoms with Gasteiger partial charge in [0.05, 0.1) is 10.1 Å². The van der Waals surface area contributed by atoms with E-state index in [1.165, 1.54) is 46.2 Å². The molecule has 0 spiro atoms. The molecule has 0 fully saturated rings. The van der Waals surface area contributed by atoms with Gasteiger partial charge in [-0.1, -0.05) is 188 Å². The Hall–Kier alpha value is -3.89. The van der Waals surface area contributed by atoms with Crippen LogP contribution in [0.25, 0.3) is 32.3 Å². The van der Waals surface area contributed by atoms with Gasteiger partial charge in [-0.05, 0) is 51.6 Å². The first-order valence-electron chi connectivity index (χ1n) is 21.5. The van der Waals surface area contributed by atoms with Crippen LogP contribution in [0.4, 0.5) is 79.0 Å². The summed E-state index contributed by atoms with van der Waals surface area (Å²) in [5.74, 6) is 0. The van der Waals surface area contributed by atoms with Crippen molar-refractivity contribution in [3.8, 4) is 0 Å².